The number of ether oxygens (including phenoxy) is 3. The van der Waals surface area contributed by atoms with Gasteiger partial charge in [-0.1, -0.05) is 253 Å². The summed E-state index contributed by atoms with van der Waals surface area (Å²) in [7, 11) is 0. The molecule has 0 N–H and O–H groups in total. The van der Waals surface area contributed by atoms with E-state index in [0.29, 0.717) is 19.3 Å². The van der Waals surface area contributed by atoms with Crippen molar-refractivity contribution in [2.24, 2.45) is 11.8 Å². The second kappa shape index (κ2) is 45.9. The van der Waals surface area contributed by atoms with Crippen LogP contribution in [0, 0.1) is 11.8 Å². The first kappa shape index (κ1) is 57.4. The molecule has 0 aromatic heterocycles. The summed E-state index contributed by atoms with van der Waals surface area (Å²) in [6, 6.07) is 0. The minimum Gasteiger partial charge on any atom is -0.462 e. The number of unbranched alkanes of at least 4 members (excludes halogenated alkanes) is 31. The van der Waals surface area contributed by atoms with Crippen LogP contribution in [0.5, 0.6) is 0 Å². The van der Waals surface area contributed by atoms with Crippen LogP contribution in [0.2, 0.25) is 0 Å². The molecule has 0 saturated carbocycles. The lowest BCUT2D eigenvalue weighted by Gasteiger charge is -2.18. The van der Waals surface area contributed by atoms with Crippen LogP contribution in [0.3, 0.4) is 0 Å². The van der Waals surface area contributed by atoms with Crippen molar-refractivity contribution in [1.29, 1.82) is 0 Å². The molecule has 350 valence electrons. The fourth-order valence-electron chi connectivity index (χ4n) is 7.96. The van der Waals surface area contributed by atoms with Gasteiger partial charge in [0.25, 0.3) is 0 Å². The van der Waals surface area contributed by atoms with Crippen LogP contribution >= 0.6 is 0 Å². The quantitative estimate of drug-likeness (QED) is 0.0345. The molecule has 0 heterocycles. The molecule has 2 atom stereocenters. The Morgan fingerprint density at radius 1 is 0.356 bits per heavy atom. The lowest BCUT2D eigenvalue weighted by molar-refractivity contribution is -0.167. The lowest BCUT2D eigenvalue weighted by atomic mass is 9.99. The van der Waals surface area contributed by atoms with Crippen LogP contribution in [0.4, 0.5) is 0 Å². The number of esters is 3. The Kier molecular flexibility index (Phi) is 44.7. The first-order valence-electron chi connectivity index (χ1n) is 26.3. The minimum atomic E-state index is -0.762. The molecular formula is C53H102O6. The van der Waals surface area contributed by atoms with E-state index >= 15 is 0 Å². The zero-order chi connectivity index (χ0) is 43.3. The molecule has 6 heteroatoms. The van der Waals surface area contributed by atoms with Crippen molar-refractivity contribution in [3.05, 3.63) is 0 Å². The van der Waals surface area contributed by atoms with Gasteiger partial charge in [0.05, 0.1) is 0 Å². The Hall–Kier alpha value is -1.59. The summed E-state index contributed by atoms with van der Waals surface area (Å²) >= 11 is 0. The Morgan fingerprint density at radius 3 is 0.966 bits per heavy atom. The third-order valence-electron chi connectivity index (χ3n) is 12.3. The van der Waals surface area contributed by atoms with E-state index in [2.05, 4.69) is 34.6 Å². The molecule has 0 spiro atoms. The molecule has 0 radical (unpaired) electrons. The van der Waals surface area contributed by atoms with E-state index in [9.17, 15) is 14.4 Å². The average molecular weight is 835 g/mol. The molecule has 59 heavy (non-hydrogen) atoms. The van der Waals surface area contributed by atoms with Gasteiger partial charge >= 0.3 is 17.9 Å². The third kappa shape index (κ3) is 45.8. The molecule has 0 aliphatic heterocycles. The molecule has 0 fully saturated rings. The highest BCUT2D eigenvalue weighted by molar-refractivity contribution is 5.71. The molecule has 0 aliphatic carbocycles. The highest BCUT2D eigenvalue weighted by Crippen LogP contribution is 2.18. The van der Waals surface area contributed by atoms with Crippen LogP contribution in [-0.2, 0) is 28.6 Å². The summed E-state index contributed by atoms with van der Waals surface area (Å²) in [4.78, 5) is 37.9. The van der Waals surface area contributed by atoms with Crippen LogP contribution in [0.1, 0.15) is 291 Å². The Morgan fingerprint density at radius 2 is 0.644 bits per heavy atom. The molecule has 0 rings (SSSR count). The predicted octanol–water partition coefficient (Wildman–Crippen LogP) is 16.9. The van der Waals surface area contributed by atoms with Gasteiger partial charge in [0.2, 0.25) is 0 Å². The summed E-state index contributed by atoms with van der Waals surface area (Å²) in [5, 5.41) is 0. The molecular weight excluding hydrogens is 733 g/mol. The monoisotopic (exact) mass is 835 g/mol. The van der Waals surface area contributed by atoms with Gasteiger partial charge in [-0.3, -0.25) is 14.4 Å². The van der Waals surface area contributed by atoms with Gasteiger partial charge in [-0.05, 0) is 31.1 Å². The zero-order valence-electron chi connectivity index (χ0n) is 40.4. The second-order valence-electron chi connectivity index (χ2n) is 18.9. The molecule has 6 nitrogen and oxygen atoms in total. The van der Waals surface area contributed by atoms with Crippen molar-refractivity contribution >= 4 is 17.9 Å². The van der Waals surface area contributed by atoms with E-state index in [4.69, 9.17) is 14.2 Å². The predicted molar refractivity (Wildman–Crippen MR) is 252 cm³/mol. The number of hydrogen-bond donors (Lipinski definition) is 0. The van der Waals surface area contributed by atoms with E-state index in [0.717, 1.165) is 69.6 Å². The highest BCUT2D eigenvalue weighted by atomic mass is 16.6. The Balaban J connectivity index is 4.31. The van der Waals surface area contributed by atoms with Crippen molar-refractivity contribution in [1.82, 2.24) is 0 Å². The average Bonchev–Trinajstić information content (AvgIpc) is 3.22. The first-order chi connectivity index (χ1) is 28.8. The first-order valence-corrected chi connectivity index (χ1v) is 26.3. The molecule has 0 bridgehead atoms. The van der Waals surface area contributed by atoms with Gasteiger partial charge in [-0.2, -0.15) is 0 Å². The third-order valence-corrected chi connectivity index (χ3v) is 12.3. The highest BCUT2D eigenvalue weighted by Gasteiger charge is 2.19. The van der Waals surface area contributed by atoms with E-state index < -0.39 is 6.10 Å². The number of rotatable bonds is 47. The van der Waals surface area contributed by atoms with Gasteiger partial charge in [-0.25, -0.2) is 0 Å². The molecule has 0 amide bonds. The molecule has 1 unspecified atom stereocenters. The van der Waals surface area contributed by atoms with Gasteiger partial charge in [-0.15, -0.1) is 0 Å². The number of hydrogen-bond acceptors (Lipinski definition) is 6. The molecule has 0 saturated heterocycles. The minimum absolute atomic E-state index is 0.0639. The standard InChI is InChI=1S/C53H102O6/c1-6-8-9-10-11-12-13-15-19-22-28-33-38-43-51(54)57-46-50(59-53(56)45-40-35-30-25-24-27-32-37-42-49(5)7-2)47-58-52(55)44-39-34-29-23-20-17-14-16-18-21-26-31-36-41-48(3)4/h48-50H,6-47H2,1-5H3/t49?,50-/m1/s1. The van der Waals surface area contributed by atoms with E-state index in [-0.39, 0.29) is 31.1 Å². The van der Waals surface area contributed by atoms with Crippen molar-refractivity contribution < 1.29 is 28.6 Å². The van der Waals surface area contributed by atoms with E-state index in [1.54, 1.807) is 0 Å². The Bertz CT molecular complexity index is 902. The van der Waals surface area contributed by atoms with E-state index in [1.807, 2.05) is 0 Å². The summed E-state index contributed by atoms with van der Waals surface area (Å²) in [6.07, 6.45) is 46.5. The summed E-state index contributed by atoms with van der Waals surface area (Å²) in [5.74, 6) is 0.836. The topological polar surface area (TPSA) is 78.9 Å². The van der Waals surface area contributed by atoms with E-state index in [1.165, 1.54) is 180 Å². The number of carbonyl (C=O) groups excluding carboxylic acids is 3. The zero-order valence-corrected chi connectivity index (χ0v) is 40.4. The maximum absolute atomic E-state index is 12.8. The van der Waals surface area contributed by atoms with Crippen molar-refractivity contribution in [3.8, 4) is 0 Å². The van der Waals surface area contributed by atoms with Crippen LogP contribution in [0.25, 0.3) is 0 Å². The summed E-state index contributed by atoms with van der Waals surface area (Å²) in [6.45, 7) is 11.4. The van der Waals surface area contributed by atoms with Gasteiger partial charge in [0, 0.05) is 19.3 Å². The van der Waals surface area contributed by atoms with Gasteiger partial charge in [0.1, 0.15) is 13.2 Å². The summed E-state index contributed by atoms with van der Waals surface area (Å²) in [5.41, 5.74) is 0. The fourth-order valence-corrected chi connectivity index (χ4v) is 7.96. The Labute approximate surface area is 368 Å². The van der Waals surface area contributed by atoms with Crippen molar-refractivity contribution in [3.63, 3.8) is 0 Å². The maximum atomic E-state index is 12.8. The molecule has 0 aromatic carbocycles. The van der Waals surface area contributed by atoms with Crippen molar-refractivity contribution in [2.45, 2.75) is 298 Å². The van der Waals surface area contributed by atoms with Gasteiger partial charge < -0.3 is 14.2 Å². The van der Waals surface area contributed by atoms with Crippen LogP contribution < -0.4 is 0 Å². The van der Waals surface area contributed by atoms with Gasteiger partial charge in [0.15, 0.2) is 6.10 Å². The molecule has 0 aromatic rings. The molecule has 0 aliphatic rings. The fraction of sp³-hybridized carbons (Fsp3) is 0.943. The van der Waals surface area contributed by atoms with Crippen LogP contribution in [0.15, 0.2) is 0 Å². The smallest absolute Gasteiger partial charge is 0.306 e. The summed E-state index contributed by atoms with van der Waals surface area (Å²) < 4.78 is 16.8. The largest absolute Gasteiger partial charge is 0.462 e. The SMILES string of the molecule is CCCCCCCCCCCCCCCC(=O)OC[C@H](COC(=O)CCCCCCCCCCCCCCCC(C)C)OC(=O)CCCCCCCCCCC(C)CC. The van der Waals surface area contributed by atoms with Crippen LogP contribution in [-0.4, -0.2) is 37.2 Å². The van der Waals surface area contributed by atoms with Crippen molar-refractivity contribution in [2.75, 3.05) is 13.2 Å². The lowest BCUT2D eigenvalue weighted by Crippen LogP contribution is -2.30. The number of carbonyl (C=O) groups is 3. The second-order valence-corrected chi connectivity index (χ2v) is 18.9. The normalized spacial score (nSPS) is 12.5. The maximum Gasteiger partial charge on any atom is 0.306 e.